The Balaban J connectivity index is 0.00000392. The number of rotatable bonds is 10. The molecule has 0 radical (unpaired) electrons. The molecule has 0 aliphatic carbocycles. The van der Waals surface area contributed by atoms with E-state index in [2.05, 4.69) is 22.9 Å². The second-order valence-corrected chi connectivity index (χ2v) is 6.63. The van der Waals surface area contributed by atoms with Crippen molar-refractivity contribution >= 4 is 35.8 Å². The predicted octanol–water partition coefficient (Wildman–Crippen LogP) is 3.74. The van der Waals surface area contributed by atoms with E-state index in [1.165, 1.54) is 0 Å². The van der Waals surface area contributed by atoms with Gasteiger partial charge in [0.2, 0.25) is 5.91 Å². The van der Waals surface area contributed by atoms with Gasteiger partial charge in [0.25, 0.3) is 5.91 Å². The van der Waals surface area contributed by atoms with Gasteiger partial charge < -0.3 is 16.0 Å². The Bertz CT molecular complexity index is 741. The van der Waals surface area contributed by atoms with Crippen molar-refractivity contribution in [2.45, 2.75) is 25.8 Å². The zero-order chi connectivity index (χ0) is 19.5. The minimum Gasteiger partial charge on any atom is -0.355 e. The van der Waals surface area contributed by atoms with Crippen LogP contribution in [0.1, 0.15) is 41.7 Å². The van der Waals surface area contributed by atoms with E-state index in [0.717, 1.165) is 25.1 Å². The highest BCUT2D eigenvalue weighted by Gasteiger charge is 2.20. The monoisotopic (exact) mass is 423 g/mol. The zero-order valence-electron chi connectivity index (χ0n) is 15.9. The van der Waals surface area contributed by atoms with Crippen molar-refractivity contribution < 1.29 is 9.59 Å². The number of carbonyl (C=O) groups excluding carboxylic acids is 2. The molecule has 5 nitrogen and oxygen atoms in total. The normalized spacial score (nSPS) is 11.2. The van der Waals surface area contributed by atoms with E-state index in [1.807, 2.05) is 30.3 Å². The van der Waals surface area contributed by atoms with Crippen LogP contribution in [0, 0.1) is 0 Å². The Morgan fingerprint density at radius 3 is 2.32 bits per heavy atom. The molecule has 0 saturated heterocycles. The van der Waals surface area contributed by atoms with E-state index in [4.69, 9.17) is 11.6 Å². The Labute approximate surface area is 177 Å². The fourth-order valence-corrected chi connectivity index (χ4v) is 2.89. The van der Waals surface area contributed by atoms with Gasteiger partial charge >= 0.3 is 0 Å². The van der Waals surface area contributed by atoms with Crippen LogP contribution in [-0.2, 0) is 4.79 Å². The molecule has 1 unspecified atom stereocenters. The summed E-state index contributed by atoms with van der Waals surface area (Å²) in [5, 5.41) is 9.44. The minimum absolute atomic E-state index is 0. The molecule has 7 heteroatoms. The summed E-state index contributed by atoms with van der Waals surface area (Å²) in [6.45, 7) is 4.30. The number of amides is 2. The highest BCUT2D eigenvalue weighted by atomic mass is 35.5. The Hall–Kier alpha value is -2.08. The van der Waals surface area contributed by atoms with Gasteiger partial charge in [-0.1, -0.05) is 61.0 Å². The SMILES string of the molecule is CCCNCCNC(=O)CC(NC(=O)c1ccccc1Cl)c1ccccc1.Cl. The van der Waals surface area contributed by atoms with E-state index >= 15 is 0 Å². The van der Waals surface area contributed by atoms with Gasteiger partial charge in [0.05, 0.1) is 23.0 Å². The molecule has 152 valence electrons. The van der Waals surface area contributed by atoms with Crippen molar-refractivity contribution in [3.05, 3.63) is 70.7 Å². The second kappa shape index (κ2) is 13.2. The Kier molecular flexibility index (Phi) is 11.3. The van der Waals surface area contributed by atoms with Crippen LogP contribution in [0.5, 0.6) is 0 Å². The van der Waals surface area contributed by atoms with E-state index in [0.29, 0.717) is 17.1 Å². The molecule has 0 spiro atoms. The minimum atomic E-state index is -0.432. The molecular weight excluding hydrogens is 397 g/mol. The fraction of sp³-hybridized carbons (Fsp3) is 0.333. The Morgan fingerprint density at radius 2 is 1.64 bits per heavy atom. The number of halogens is 2. The van der Waals surface area contributed by atoms with Crippen LogP contribution in [0.25, 0.3) is 0 Å². The number of carbonyl (C=O) groups is 2. The third-order valence-corrected chi connectivity index (χ3v) is 4.40. The zero-order valence-corrected chi connectivity index (χ0v) is 17.5. The van der Waals surface area contributed by atoms with Crippen molar-refractivity contribution in [3.8, 4) is 0 Å². The van der Waals surface area contributed by atoms with Crippen molar-refractivity contribution in [2.75, 3.05) is 19.6 Å². The molecule has 28 heavy (non-hydrogen) atoms. The third kappa shape index (κ3) is 7.89. The Morgan fingerprint density at radius 1 is 0.964 bits per heavy atom. The van der Waals surface area contributed by atoms with Gasteiger partial charge in [0.15, 0.2) is 0 Å². The maximum atomic E-state index is 12.6. The average molecular weight is 424 g/mol. The summed E-state index contributed by atoms with van der Waals surface area (Å²) in [7, 11) is 0. The summed E-state index contributed by atoms with van der Waals surface area (Å²) in [5.41, 5.74) is 1.27. The van der Waals surface area contributed by atoms with Gasteiger partial charge in [-0.25, -0.2) is 0 Å². The molecule has 0 heterocycles. The molecule has 1 atom stereocenters. The number of hydrogen-bond donors (Lipinski definition) is 3. The molecule has 0 bridgehead atoms. The molecule has 3 N–H and O–H groups in total. The lowest BCUT2D eigenvalue weighted by molar-refractivity contribution is -0.121. The van der Waals surface area contributed by atoms with Gasteiger partial charge in [0, 0.05) is 13.1 Å². The van der Waals surface area contributed by atoms with Crippen LogP contribution in [0.3, 0.4) is 0 Å². The summed E-state index contributed by atoms with van der Waals surface area (Å²) in [6.07, 6.45) is 1.21. The average Bonchev–Trinajstić information content (AvgIpc) is 2.68. The van der Waals surface area contributed by atoms with E-state index in [9.17, 15) is 9.59 Å². The molecule has 0 aliphatic heterocycles. The van der Waals surface area contributed by atoms with Crippen molar-refractivity contribution in [1.82, 2.24) is 16.0 Å². The lowest BCUT2D eigenvalue weighted by atomic mass is 10.0. The van der Waals surface area contributed by atoms with Crippen LogP contribution in [0.2, 0.25) is 5.02 Å². The fourth-order valence-electron chi connectivity index (χ4n) is 2.67. The summed E-state index contributed by atoms with van der Waals surface area (Å²) in [5.74, 6) is -0.409. The number of benzene rings is 2. The molecule has 2 aromatic rings. The molecule has 2 amide bonds. The number of hydrogen-bond acceptors (Lipinski definition) is 3. The topological polar surface area (TPSA) is 70.2 Å². The third-order valence-electron chi connectivity index (χ3n) is 4.07. The maximum Gasteiger partial charge on any atom is 0.253 e. The first kappa shape index (κ1) is 24.0. The molecule has 0 aromatic heterocycles. The van der Waals surface area contributed by atoms with Gasteiger partial charge in [-0.15, -0.1) is 12.4 Å². The van der Waals surface area contributed by atoms with Crippen LogP contribution in [0.15, 0.2) is 54.6 Å². The first-order chi connectivity index (χ1) is 13.1. The standard InChI is InChI=1S/C21H26ClN3O2.ClH/c1-2-12-23-13-14-24-20(26)15-19(16-8-4-3-5-9-16)25-21(27)17-10-6-7-11-18(17)22;/h3-11,19,23H,2,12-15H2,1H3,(H,24,26)(H,25,27);1H. The molecular formula is C21H27Cl2N3O2. The summed E-state index contributed by atoms with van der Waals surface area (Å²) < 4.78 is 0. The van der Waals surface area contributed by atoms with E-state index in [-0.39, 0.29) is 30.6 Å². The molecule has 2 rings (SSSR count). The first-order valence-corrected chi connectivity index (χ1v) is 9.57. The van der Waals surface area contributed by atoms with Gasteiger partial charge in [-0.2, -0.15) is 0 Å². The summed E-state index contributed by atoms with van der Waals surface area (Å²) >= 11 is 6.12. The molecule has 0 fully saturated rings. The van der Waals surface area contributed by atoms with Gasteiger partial charge in [-0.3, -0.25) is 9.59 Å². The van der Waals surface area contributed by atoms with Crippen molar-refractivity contribution in [2.24, 2.45) is 0 Å². The number of nitrogens with one attached hydrogen (secondary N) is 3. The lowest BCUT2D eigenvalue weighted by Gasteiger charge is -2.19. The van der Waals surface area contributed by atoms with Crippen molar-refractivity contribution in [3.63, 3.8) is 0 Å². The highest BCUT2D eigenvalue weighted by molar-refractivity contribution is 6.33. The lowest BCUT2D eigenvalue weighted by Crippen LogP contribution is -2.36. The van der Waals surface area contributed by atoms with E-state index in [1.54, 1.807) is 24.3 Å². The second-order valence-electron chi connectivity index (χ2n) is 6.22. The largest absolute Gasteiger partial charge is 0.355 e. The van der Waals surface area contributed by atoms with Crippen LogP contribution < -0.4 is 16.0 Å². The molecule has 2 aromatic carbocycles. The molecule has 0 saturated carbocycles. The quantitative estimate of drug-likeness (QED) is 0.509. The van der Waals surface area contributed by atoms with E-state index < -0.39 is 6.04 Å². The summed E-state index contributed by atoms with van der Waals surface area (Å²) in [4.78, 5) is 25.0. The maximum absolute atomic E-state index is 12.6. The van der Waals surface area contributed by atoms with Crippen LogP contribution >= 0.6 is 24.0 Å². The van der Waals surface area contributed by atoms with Gasteiger partial charge in [0.1, 0.15) is 0 Å². The predicted molar refractivity (Wildman–Crippen MR) is 116 cm³/mol. The molecule has 0 aliphatic rings. The van der Waals surface area contributed by atoms with Crippen molar-refractivity contribution in [1.29, 1.82) is 0 Å². The van der Waals surface area contributed by atoms with Crippen LogP contribution in [0.4, 0.5) is 0 Å². The first-order valence-electron chi connectivity index (χ1n) is 9.19. The smallest absolute Gasteiger partial charge is 0.253 e. The van der Waals surface area contributed by atoms with Crippen LogP contribution in [-0.4, -0.2) is 31.4 Å². The highest BCUT2D eigenvalue weighted by Crippen LogP contribution is 2.20. The summed E-state index contributed by atoms with van der Waals surface area (Å²) in [6, 6.07) is 15.9. The van der Waals surface area contributed by atoms with Gasteiger partial charge in [-0.05, 0) is 30.7 Å².